The zero-order chi connectivity index (χ0) is 15.8. The third kappa shape index (κ3) is 2.84. The molecule has 1 aromatic rings. The lowest BCUT2D eigenvalue weighted by Crippen LogP contribution is -2.50. The summed E-state index contributed by atoms with van der Waals surface area (Å²) in [5.74, 6) is 1.98. The van der Waals surface area contributed by atoms with Crippen LogP contribution in [0, 0.1) is 23.6 Å². The van der Waals surface area contributed by atoms with E-state index >= 15 is 0 Å². The van der Waals surface area contributed by atoms with E-state index in [4.69, 9.17) is 0 Å². The Morgan fingerprint density at radius 2 is 1.70 bits per heavy atom. The molecule has 1 saturated heterocycles. The summed E-state index contributed by atoms with van der Waals surface area (Å²) in [6.45, 7) is 3.28. The van der Waals surface area contributed by atoms with Crippen molar-refractivity contribution < 1.29 is 9.18 Å². The van der Waals surface area contributed by atoms with Crippen LogP contribution >= 0.6 is 0 Å². The maximum Gasteiger partial charge on any atom is 0.226 e. The maximum atomic E-state index is 13.0. The summed E-state index contributed by atoms with van der Waals surface area (Å²) < 4.78 is 13.0. The molecule has 2 saturated carbocycles. The fourth-order valence-electron chi connectivity index (χ4n) is 4.94. The van der Waals surface area contributed by atoms with Crippen LogP contribution in [0.4, 0.5) is 10.1 Å². The minimum Gasteiger partial charge on any atom is -0.368 e. The standard InChI is InChI=1S/C19H25FN2O/c20-15-5-7-16(8-6-15)21-10-12-22(13-11-21)19(23)18-9-4-14-2-1-3-17(14)18/h5-8,14,17-18H,1-4,9-13H2/t14-,17-,18-/m0/s1. The van der Waals surface area contributed by atoms with Gasteiger partial charge < -0.3 is 9.80 Å². The van der Waals surface area contributed by atoms with Crippen LogP contribution in [0.1, 0.15) is 32.1 Å². The van der Waals surface area contributed by atoms with Gasteiger partial charge in [-0.2, -0.15) is 0 Å². The van der Waals surface area contributed by atoms with Gasteiger partial charge in [0.25, 0.3) is 0 Å². The van der Waals surface area contributed by atoms with Crippen molar-refractivity contribution in [3.63, 3.8) is 0 Å². The van der Waals surface area contributed by atoms with E-state index in [0.29, 0.717) is 17.7 Å². The molecule has 3 nitrogen and oxygen atoms in total. The van der Waals surface area contributed by atoms with E-state index in [-0.39, 0.29) is 5.82 Å². The Morgan fingerprint density at radius 3 is 2.43 bits per heavy atom. The van der Waals surface area contributed by atoms with Gasteiger partial charge in [-0.1, -0.05) is 12.8 Å². The van der Waals surface area contributed by atoms with Crippen LogP contribution in [0.15, 0.2) is 24.3 Å². The van der Waals surface area contributed by atoms with Gasteiger partial charge in [0.1, 0.15) is 5.82 Å². The Balaban J connectivity index is 1.36. The summed E-state index contributed by atoms with van der Waals surface area (Å²) in [6, 6.07) is 6.66. The number of benzene rings is 1. The molecule has 3 atom stereocenters. The fraction of sp³-hybridized carbons (Fsp3) is 0.632. The van der Waals surface area contributed by atoms with Gasteiger partial charge in [0.15, 0.2) is 0 Å². The number of fused-ring (bicyclic) bond motifs is 1. The van der Waals surface area contributed by atoms with Crippen molar-refractivity contribution in [2.45, 2.75) is 32.1 Å². The SMILES string of the molecule is O=C([C@H]1CC[C@@H]2CCC[C@@H]21)N1CCN(c2ccc(F)cc2)CC1. The van der Waals surface area contributed by atoms with Crippen molar-refractivity contribution in [1.82, 2.24) is 4.90 Å². The summed E-state index contributed by atoms with van der Waals surface area (Å²) in [5.41, 5.74) is 1.05. The van der Waals surface area contributed by atoms with Crippen molar-refractivity contribution >= 4 is 11.6 Å². The molecule has 1 aliphatic heterocycles. The largest absolute Gasteiger partial charge is 0.368 e. The van der Waals surface area contributed by atoms with E-state index in [1.54, 1.807) is 0 Å². The molecule has 0 aromatic heterocycles. The minimum absolute atomic E-state index is 0.199. The second-order valence-corrected chi connectivity index (χ2v) is 7.33. The molecule has 1 amide bonds. The Morgan fingerprint density at radius 1 is 0.957 bits per heavy atom. The minimum atomic E-state index is -0.199. The summed E-state index contributed by atoms with van der Waals surface area (Å²) in [5, 5.41) is 0. The van der Waals surface area contributed by atoms with Gasteiger partial charge in [-0.25, -0.2) is 4.39 Å². The van der Waals surface area contributed by atoms with Crippen molar-refractivity contribution in [2.75, 3.05) is 31.1 Å². The summed E-state index contributed by atoms with van der Waals surface area (Å²) >= 11 is 0. The van der Waals surface area contributed by atoms with Crippen LogP contribution in [-0.2, 0) is 4.79 Å². The molecule has 0 spiro atoms. The van der Waals surface area contributed by atoms with E-state index in [1.165, 1.54) is 37.8 Å². The highest BCUT2D eigenvalue weighted by atomic mass is 19.1. The number of carbonyl (C=O) groups excluding carboxylic acids is 1. The van der Waals surface area contributed by atoms with Crippen molar-refractivity contribution in [3.8, 4) is 0 Å². The Hall–Kier alpha value is -1.58. The van der Waals surface area contributed by atoms with Crippen LogP contribution in [0.5, 0.6) is 0 Å². The van der Waals surface area contributed by atoms with E-state index in [1.807, 2.05) is 12.1 Å². The maximum absolute atomic E-state index is 13.0. The number of amides is 1. The van der Waals surface area contributed by atoms with E-state index < -0.39 is 0 Å². The van der Waals surface area contributed by atoms with E-state index in [2.05, 4.69) is 9.80 Å². The molecule has 1 heterocycles. The van der Waals surface area contributed by atoms with Crippen LogP contribution in [0.25, 0.3) is 0 Å². The molecule has 0 unspecified atom stereocenters. The number of rotatable bonds is 2. The number of hydrogen-bond donors (Lipinski definition) is 0. The predicted octanol–water partition coefficient (Wildman–Crippen LogP) is 3.30. The zero-order valence-electron chi connectivity index (χ0n) is 13.6. The van der Waals surface area contributed by atoms with Crippen LogP contribution in [-0.4, -0.2) is 37.0 Å². The quantitative estimate of drug-likeness (QED) is 0.836. The molecular weight excluding hydrogens is 291 g/mol. The van der Waals surface area contributed by atoms with Crippen molar-refractivity contribution in [1.29, 1.82) is 0 Å². The molecule has 4 rings (SSSR count). The average molecular weight is 316 g/mol. The molecule has 1 aromatic carbocycles. The lowest BCUT2D eigenvalue weighted by Gasteiger charge is -2.38. The summed E-state index contributed by atoms with van der Waals surface area (Å²) in [6.07, 6.45) is 6.28. The highest BCUT2D eigenvalue weighted by molar-refractivity contribution is 5.80. The lowest BCUT2D eigenvalue weighted by molar-refractivity contribution is -0.137. The number of halogens is 1. The molecule has 2 aliphatic carbocycles. The average Bonchev–Trinajstić information content (AvgIpc) is 3.18. The van der Waals surface area contributed by atoms with Gasteiger partial charge >= 0.3 is 0 Å². The third-order valence-electron chi connectivity index (χ3n) is 6.18. The first kappa shape index (κ1) is 15.0. The van der Waals surface area contributed by atoms with Gasteiger partial charge in [-0.3, -0.25) is 4.79 Å². The smallest absolute Gasteiger partial charge is 0.226 e. The number of carbonyl (C=O) groups is 1. The van der Waals surface area contributed by atoms with Crippen molar-refractivity contribution in [2.24, 2.45) is 17.8 Å². The molecular formula is C19H25FN2O. The Labute approximate surface area is 137 Å². The highest BCUT2D eigenvalue weighted by Gasteiger charge is 2.44. The number of hydrogen-bond acceptors (Lipinski definition) is 2. The van der Waals surface area contributed by atoms with Gasteiger partial charge in [0.2, 0.25) is 5.91 Å². The fourth-order valence-corrected chi connectivity index (χ4v) is 4.94. The predicted molar refractivity (Wildman–Crippen MR) is 88.7 cm³/mol. The molecule has 0 N–H and O–H groups in total. The van der Waals surface area contributed by atoms with Gasteiger partial charge in [-0.15, -0.1) is 0 Å². The van der Waals surface area contributed by atoms with Crippen LogP contribution in [0.3, 0.4) is 0 Å². The first-order chi connectivity index (χ1) is 11.2. The van der Waals surface area contributed by atoms with E-state index in [9.17, 15) is 9.18 Å². The van der Waals surface area contributed by atoms with Crippen LogP contribution in [0.2, 0.25) is 0 Å². The Bertz CT molecular complexity index is 565. The molecule has 0 bridgehead atoms. The molecule has 4 heteroatoms. The third-order valence-corrected chi connectivity index (χ3v) is 6.18. The summed E-state index contributed by atoms with van der Waals surface area (Å²) in [4.78, 5) is 17.2. The van der Waals surface area contributed by atoms with Gasteiger partial charge in [0, 0.05) is 37.8 Å². The molecule has 0 radical (unpaired) electrons. The Kier molecular flexibility index (Phi) is 4.00. The van der Waals surface area contributed by atoms with Gasteiger partial charge in [0.05, 0.1) is 0 Å². The zero-order valence-corrected chi connectivity index (χ0v) is 13.6. The number of piperazine rings is 1. The molecule has 23 heavy (non-hydrogen) atoms. The normalized spacial score (nSPS) is 30.6. The van der Waals surface area contributed by atoms with Crippen molar-refractivity contribution in [3.05, 3.63) is 30.1 Å². The first-order valence-corrected chi connectivity index (χ1v) is 9.01. The second kappa shape index (κ2) is 6.14. The second-order valence-electron chi connectivity index (χ2n) is 7.33. The first-order valence-electron chi connectivity index (χ1n) is 9.01. The van der Waals surface area contributed by atoms with E-state index in [0.717, 1.165) is 44.2 Å². The summed E-state index contributed by atoms with van der Waals surface area (Å²) in [7, 11) is 0. The topological polar surface area (TPSA) is 23.6 Å². The highest BCUT2D eigenvalue weighted by Crippen LogP contribution is 2.48. The monoisotopic (exact) mass is 316 g/mol. The van der Waals surface area contributed by atoms with Crippen LogP contribution < -0.4 is 4.90 Å². The molecule has 3 fully saturated rings. The lowest BCUT2D eigenvalue weighted by atomic mass is 9.91. The number of nitrogens with zero attached hydrogens (tertiary/aromatic N) is 2. The molecule has 3 aliphatic rings. The number of anilines is 1. The molecule has 124 valence electrons. The van der Waals surface area contributed by atoms with Gasteiger partial charge in [-0.05, 0) is 55.4 Å².